The number of non-ortho nitro benzene ring substituents is 1. The first kappa shape index (κ1) is 21.0. The van der Waals surface area contributed by atoms with Gasteiger partial charge in [0, 0.05) is 28.6 Å². The zero-order valence-electron chi connectivity index (χ0n) is 15.8. The third kappa shape index (κ3) is 4.15. The molecule has 0 fully saturated rings. The number of nitro benzene ring substituents is 1. The Morgan fingerprint density at radius 2 is 1.90 bits per heavy atom. The molecule has 2 heterocycles. The fourth-order valence-electron chi connectivity index (χ4n) is 2.94. The molecule has 4 aromatic rings. The Morgan fingerprint density at radius 3 is 2.61 bits per heavy atom. The molecule has 4 rings (SSSR count). The Kier molecular flexibility index (Phi) is 5.73. The van der Waals surface area contributed by atoms with Gasteiger partial charge in [0.2, 0.25) is 0 Å². The van der Waals surface area contributed by atoms with Gasteiger partial charge in [-0.15, -0.1) is 11.3 Å². The fourth-order valence-corrected chi connectivity index (χ4v) is 4.23. The standard InChI is InChI=1S/C20H12Cl2N4O4S/c1-10-16(18(25-30-10)17-13(21)6-3-7-14(17)22)19(27)24-20-23-15(9-31-20)11-4-2-5-12(8-11)26(28)29/h2-9H,1H3,(H,23,24,27). The highest BCUT2D eigenvalue weighted by molar-refractivity contribution is 7.14. The van der Waals surface area contributed by atoms with Crippen LogP contribution >= 0.6 is 34.5 Å². The van der Waals surface area contributed by atoms with Crippen LogP contribution in [0.5, 0.6) is 0 Å². The van der Waals surface area contributed by atoms with Crippen LogP contribution in [-0.2, 0) is 0 Å². The summed E-state index contributed by atoms with van der Waals surface area (Å²) in [4.78, 5) is 27.9. The molecule has 11 heteroatoms. The molecule has 1 N–H and O–H groups in total. The lowest BCUT2D eigenvalue weighted by atomic mass is 10.1. The van der Waals surface area contributed by atoms with Crippen molar-refractivity contribution in [1.82, 2.24) is 10.1 Å². The van der Waals surface area contributed by atoms with E-state index in [0.29, 0.717) is 37.8 Å². The van der Waals surface area contributed by atoms with E-state index in [1.54, 1.807) is 42.6 Å². The number of anilines is 1. The van der Waals surface area contributed by atoms with Gasteiger partial charge in [-0.05, 0) is 19.1 Å². The van der Waals surface area contributed by atoms with Gasteiger partial charge in [-0.3, -0.25) is 20.2 Å². The molecule has 0 unspecified atom stereocenters. The third-order valence-electron chi connectivity index (χ3n) is 4.37. The summed E-state index contributed by atoms with van der Waals surface area (Å²) in [5.74, 6) is -0.205. The predicted molar refractivity (Wildman–Crippen MR) is 119 cm³/mol. The van der Waals surface area contributed by atoms with E-state index in [0.717, 1.165) is 0 Å². The van der Waals surface area contributed by atoms with Crippen molar-refractivity contribution in [3.63, 3.8) is 0 Å². The maximum absolute atomic E-state index is 13.0. The zero-order valence-corrected chi connectivity index (χ0v) is 18.1. The number of hydrogen-bond donors (Lipinski definition) is 1. The average molecular weight is 475 g/mol. The van der Waals surface area contributed by atoms with Gasteiger partial charge in [-0.2, -0.15) is 0 Å². The first-order valence-corrected chi connectivity index (χ1v) is 10.4. The summed E-state index contributed by atoms with van der Waals surface area (Å²) in [6.07, 6.45) is 0. The summed E-state index contributed by atoms with van der Waals surface area (Å²) in [5, 5.41) is 20.3. The van der Waals surface area contributed by atoms with Crippen LogP contribution < -0.4 is 5.32 Å². The van der Waals surface area contributed by atoms with Gasteiger partial charge in [0.05, 0.1) is 20.7 Å². The smallest absolute Gasteiger partial charge is 0.270 e. The van der Waals surface area contributed by atoms with E-state index in [2.05, 4.69) is 15.5 Å². The van der Waals surface area contributed by atoms with Crippen molar-refractivity contribution < 1.29 is 14.2 Å². The van der Waals surface area contributed by atoms with Crippen LogP contribution in [0.1, 0.15) is 16.1 Å². The molecule has 0 radical (unpaired) electrons. The summed E-state index contributed by atoms with van der Waals surface area (Å²) in [6, 6.07) is 11.1. The highest BCUT2D eigenvalue weighted by atomic mass is 35.5. The number of halogens is 2. The molecule has 31 heavy (non-hydrogen) atoms. The van der Waals surface area contributed by atoms with Gasteiger partial charge in [-0.1, -0.05) is 46.6 Å². The van der Waals surface area contributed by atoms with Crippen LogP contribution in [0.3, 0.4) is 0 Å². The number of rotatable bonds is 5. The van der Waals surface area contributed by atoms with Crippen molar-refractivity contribution in [1.29, 1.82) is 0 Å². The van der Waals surface area contributed by atoms with Crippen LogP contribution in [0.2, 0.25) is 10.0 Å². The molecule has 8 nitrogen and oxygen atoms in total. The largest absolute Gasteiger partial charge is 0.360 e. The van der Waals surface area contributed by atoms with E-state index < -0.39 is 10.8 Å². The van der Waals surface area contributed by atoms with Crippen LogP contribution in [0.25, 0.3) is 22.5 Å². The Hall–Kier alpha value is -3.27. The van der Waals surface area contributed by atoms with Gasteiger partial charge in [0.25, 0.3) is 11.6 Å². The highest BCUT2D eigenvalue weighted by Gasteiger charge is 2.25. The molecule has 2 aromatic carbocycles. The van der Waals surface area contributed by atoms with Gasteiger partial charge in [-0.25, -0.2) is 4.98 Å². The monoisotopic (exact) mass is 474 g/mol. The number of hydrogen-bond acceptors (Lipinski definition) is 7. The lowest BCUT2D eigenvalue weighted by Crippen LogP contribution is -2.13. The van der Waals surface area contributed by atoms with Crippen molar-refractivity contribution in [2.24, 2.45) is 0 Å². The van der Waals surface area contributed by atoms with Crippen molar-refractivity contribution in [2.75, 3.05) is 5.32 Å². The number of benzene rings is 2. The molecule has 0 atom stereocenters. The fraction of sp³-hybridized carbons (Fsp3) is 0.0500. The number of thiazole rings is 1. The minimum absolute atomic E-state index is 0.0440. The number of carbonyl (C=O) groups is 1. The van der Waals surface area contributed by atoms with Crippen molar-refractivity contribution in [3.05, 3.63) is 79.3 Å². The Morgan fingerprint density at radius 1 is 1.19 bits per heavy atom. The molecule has 0 aliphatic carbocycles. The van der Waals surface area contributed by atoms with E-state index in [-0.39, 0.29) is 16.9 Å². The van der Waals surface area contributed by atoms with E-state index in [4.69, 9.17) is 27.7 Å². The van der Waals surface area contributed by atoms with Crippen LogP contribution in [0, 0.1) is 17.0 Å². The molecular formula is C20H12Cl2N4O4S. The lowest BCUT2D eigenvalue weighted by molar-refractivity contribution is -0.384. The number of nitrogens with zero attached hydrogens (tertiary/aromatic N) is 3. The third-order valence-corrected chi connectivity index (χ3v) is 5.75. The Labute approximate surface area is 189 Å². The van der Waals surface area contributed by atoms with Crippen LogP contribution in [0.15, 0.2) is 52.4 Å². The minimum Gasteiger partial charge on any atom is -0.360 e. The molecular weight excluding hydrogens is 463 g/mol. The SMILES string of the molecule is Cc1onc(-c2c(Cl)cccc2Cl)c1C(=O)Nc1nc(-c2cccc([N+](=O)[O-])c2)cs1. The molecule has 2 aromatic heterocycles. The lowest BCUT2D eigenvalue weighted by Gasteiger charge is -2.06. The molecule has 0 saturated carbocycles. The number of amides is 1. The van der Waals surface area contributed by atoms with Crippen molar-refractivity contribution >= 4 is 51.3 Å². The molecule has 0 aliphatic rings. The van der Waals surface area contributed by atoms with E-state index in [1.165, 1.54) is 23.5 Å². The Bertz CT molecular complexity index is 1300. The zero-order chi connectivity index (χ0) is 22.1. The first-order valence-electron chi connectivity index (χ1n) is 8.77. The Balaban J connectivity index is 1.63. The topological polar surface area (TPSA) is 111 Å². The molecule has 0 bridgehead atoms. The highest BCUT2D eigenvalue weighted by Crippen LogP contribution is 2.37. The summed E-state index contributed by atoms with van der Waals surface area (Å²) in [5.41, 5.74) is 1.82. The molecule has 0 saturated heterocycles. The van der Waals surface area contributed by atoms with Crippen molar-refractivity contribution in [2.45, 2.75) is 6.92 Å². The number of aryl methyl sites for hydroxylation is 1. The molecule has 0 spiro atoms. The summed E-state index contributed by atoms with van der Waals surface area (Å²) in [6.45, 7) is 1.60. The van der Waals surface area contributed by atoms with Gasteiger partial charge < -0.3 is 4.52 Å². The predicted octanol–water partition coefficient (Wildman–Crippen LogP) is 6.24. The molecule has 156 valence electrons. The number of carbonyl (C=O) groups excluding carboxylic acids is 1. The van der Waals surface area contributed by atoms with Crippen LogP contribution in [0.4, 0.5) is 10.8 Å². The van der Waals surface area contributed by atoms with E-state index in [9.17, 15) is 14.9 Å². The summed E-state index contributed by atoms with van der Waals surface area (Å²) >= 11 is 13.7. The minimum atomic E-state index is -0.496. The second-order valence-electron chi connectivity index (χ2n) is 6.36. The quantitative estimate of drug-likeness (QED) is 0.270. The normalized spacial score (nSPS) is 10.8. The second kappa shape index (κ2) is 8.46. The van der Waals surface area contributed by atoms with E-state index in [1.807, 2.05) is 0 Å². The maximum atomic E-state index is 13.0. The first-order chi connectivity index (χ1) is 14.8. The number of nitrogens with one attached hydrogen (secondary N) is 1. The maximum Gasteiger partial charge on any atom is 0.270 e. The average Bonchev–Trinajstić information content (AvgIpc) is 3.35. The number of aromatic nitrogens is 2. The second-order valence-corrected chi connectivity index (χ2v) is 8.03. The molecule has 1 amide bonds. The molecule has 0 aliphatic heterocycles. The van der Waals surface area contributed by atoms with E-state index >= 15 is 0 Å². The summed E-state index contributed by atoms with van der Waals surface area (Å²) in [7, 11) is 0. The van der Waals surface area contributed by atoms with Gasteiger partial charge >= 0.3 is 0 Å². The summed E-state index contributed by atoms with van der Waals surface area (Å²) < 4.78 is 5.22. The van der Waals surface area contributed by atoms with Crippen molar-refractivity contribution in [3.8, 4) is 22.5 Å². The van der Waals surface area contributed by atoms with Crippen LogP contribution in [-0.4, -0.2) is 21.0 Å². The van der Waals surface area contributed by atoms with Gasteiger partial charge in [0.15, 0.2) is 5.13 Å². The number of nitro groups is 1. The van der Waals surface area contributed by atoms with Gasteiger partial charge in [0.1, 0.15) is 17.0 Å².